The normalized spacial score (nSPS) is 16.7. The van der Waals surface area contributed by atoms with E-state index in [1.807, 2.05) is 24.3 Å². The molecule has 1 aliphatic heterocycles. The topological polar surface area (TPSA) is 114 Å². The van der Waals surface area contributed by atoms with E-state index in [2.05, 4.69) is 37.3 Å². The van der Waals surface area contributed by atoms with Crippen molar-refractivity contribution in [1.82, 2.24) is 15.0 Å². The Labute approximate surface area is 169 Å². The molecule has 0 saturated carbocycles. The zero-order valence-corrected chi connectivity index (χ0v) is 16.6. The molecule has 1 unspecified atom stereocenters. The van der Waals surface area contributed by atoms with Gasteiger partial charge in [-0.25, -0.2) is 23.5 Å². The third-order valence-corrected chi connectivity index (χ3v) is 5.54. The van der Waals surface area contributed by atoms with Crippen LogP contribution in [0.25, 0.3) is 0 Å². The van der Waals surface area contributed by atoms with Gasteiger partial charge >= 0.3 is 0 Å². The molecule has 3 N–H and O–H groups in total. The highest BCUT2D eigenvalue weighted by Gasteiger charge is 2.28. The summed E-state index contributed by atoms with van der Waals surface area (Å²) in [6.07, 6.45) is 3.61. The van der Waals surface area contributed by atoms with Crippen molar-refractivity contribution in [1.29, 1.82) is 0 Å². The van der Waals surface area contributed by atoms with Gasteiger partial charge in [-0.15, -0.1) is 0 Å². The minimum Gasteiger partial charge on any atom is -0.334 e. The maximum atomic E-state index is 11.3. The van der Waals surface area contributed by atoms with Gasteiger partial charge in [0.25, 0.3) is 0 Å². The number of hydrogen-bond donors (Lipinski definition) is 2. The van der Waals surface area contributed by atoms with Gasteiger partial charge in [-0.05, 0) is 36.1 Å². The third kappa shape index (κ3) is 4.87. The predicted molar refractivity (Wildman–Crippen MR) is 112 cm³/mol. The molecule has 1 aliphatic rings. The van der Waals surface area contributed by atoms with Crippen molar-refractivity contribution in [3.63, 3.8) is 0 Å². The standard InChI is InChI=1S/C20H22N6O2S/c21-29(27,28)13-15-6-4-9-17(12-15)24-19-22-14-23-20(25-19)26-11-5-10-18(26)16-7-2-1-3-8-16/h1-4,6-9,12,14,18H,5,10-11,13H2,(H2,21,27,28)(H,22,23,24,25). The van der Waals surface area contributed by atoms with Crippen molar-refractivity contribution in [2.45, 2.75) is 24.6 Å². The Morgan fingerprint density at radius 1 is 1.10 bits per heavy atom. The summed E-state index contributed by atoms with van der Waals surface area (Å²) < 4.78 is 22.7. The summed E-state index contributed by atoms with van der Waals surface area (Å²) in [5.74, 6) is 0.799. The second-order valence-electron chi connectivity index (χ2n) is 7.00. The molecule has 150 valence electrons. The van der Waals surface area contributed by atoms with Crippen LogP contribution in [0, 0.1) is 0 Å². The van der Waals surface area contributed by atoms with Crippen molar-refractivity contribution < 1.29 is 8.42 Å². The number of nitrogens with zero attached hydrogens (tertiary/aromatic N) is 4. The number of nitrogens with two attached hydrogens (primary N) is 1. The molecule has 9 heteroatoms. The van der Waals surface area contributed by atoms with E-state index in [0.717, 1.165) is 19.4 Å². The number of sulfonamides is 1. The number of benzene rings is 2. The third-order valence-electron chi connectivity index (χ3n) is 4.80. The zero-order chi connectivity index (χ0) is 20.3. The highest BCUT2D eigenvalue weighted by Crippen LogP contribution is 2.34. The number of anilines is 3. The molecule has 1 atom stereocenters. The van der Waals surface area contributed by atoms with Crippen LogP contribution in [0.15, 0.2) is 60.9 Å². The smallest absolute Gasteiger partial charge is 0.231 e. The number of nitrogens with one attached hydrogen (secondary N) is 1. The molecule has 8 nitrogen and oxygen atoms in total. The fourth-order valence-electron chi connectivity index (χ4n) is 3.61. The average molecular weight is 411 g/mol. The lowest BCUT2D eigenvalue weighted by Gasteiger charge is -2.25. The van der Waals surface area contributed by atoms with Crippen LogP contribution >= 0.6 is 0 Å². The van der Waals surface area contributed by atoms with Gasteiger partial charge < -0.3 is 10.2 Å². The Balaban J connectivity index is 1.54. The lowest BCUT2D eigenvalue weighted by atomic mass is 10.1. The second-order valence-corrected chi connectivity index (χ2v) is 8.62. The van der Waals surface area contributed by atoms with E-state index in [9.17, 15) is 8.42 Å². The summed E-state index contributed by atoms with van der Waals surface area (Å²) in [7, 11) is -3.59. The van der Waals surface area contributed by atoms with Crippen molar-refractivity contribution >= 4 is 27.6 Å². The summed E-state index contributed by atoms with van der Waals surface area (Å²) in [6, 6.07) is 17.6. The van der Waals surface area contributed by atoms with Gasteiger partial charge in [0.15, 0.2) is 0 Å². The van der Waals surface area contributed by atoms with Gasteiger partial charge in [0.2, 0.25) is 21.9 Å². The van der Waals surface area contributed by atoms with Crippen LogP contribution < -0.4 is 15.4 Å². The highest BCUT2D eigenvalue weighted by atomic mass is 32.2. The summed E-state index contributed by atoms with van der Waals surface area (Å²) in [6.45, 7) is 0.882. The number of hydrogen-bond acceptors (Lipinski definition) is 7. The Morgan fingerprint density at radius 3 is 2.72 bits per heavy atom. The summed E-state index contributed by atoms with van der Waals surface area (Å²) >= 11 is 0. The summed E-state index contributed by atoms with van der Waals surface area (Å²) in [5, 5.41) is 8.26. The first kappa shape index (κ1) is 19.3. The molecule has 2 aromatic carbocycles. The van der Waals surface area contributed by atoms with Crippen molar-refractivity contribution in [3.8, 4) is 0 Å². The molecule has 4 rings (SSSR count). The van der Waals surface area contributed by atoms with E-state index in [1.54, 1.807) is 18.2 Å². The van der Waals surface area contributed by atoms with Gasteiger partial charge in [-0.2, -0.15) is 4.98 Å². The van der Waals surface area contributed by atoms with Crippen LogP contribution in [-0.2, 0) is 15.8 Å². The van der Waals surface area contributed by atoms with Gasteiger partial charge in [0.05, 0.1) is 11.8 Å². The molecule has 0 radical (unpaired) electrons. The highest BCUT2D eigenvalue weighted by molar-refractivity contribution is 7.88. The van der Waals surface area contributed by atoms with E-state index < -0.39 is 10.0 Å². The number of rotatable bonds is 6. The monoisotopic (exact) mass is 410 g/mol. The molecule has 0 aliphatic carbocycles. The van der Waals surface area contributed by atoms with E-state index in [1.165, 1.54) is 11.9 Å². The Bertz CT molecular complexity index is 1090. The molecule has 0 bridgehead atoms. The van der Waals surface area contributed by atoms with Crippen LogP contribution in [0.3, 0.4) is 0 Å². The summed E-state index contributed by atoms with van der Waals surface area (Å²) in [5.41, 5.74) is 2.52. The van der Waals surface area contributed by atoms with Gasteiger partial charge in [-0.1, -0.05) is 42.5 Å². The van der Waals surface area contributed by atoms with Gasteiger partial charge in [0, 0.05) is 12.2 Å². The molecule has 0 amide bonds. The predicted octanol–water partition coefficient (Wildman–Crippen LogP) is 2.75. The largest absolute Gasteiger partial charge is 0.334 e. The Morgan fingerprint density at radius 2 is 1.93 bits per heavy atom. The molecule has 2 heterocycles. The van der Waals surface area contributed by atoms with Gasteiger partial charge in [0.1, 0.15) is 6.33 Å². The lowest BCUT2D eigenvalue weighted by molar-refractivity contribution is 0.597. The van der Waals surface area contributed by atoms with E-state index in [4.69, 9.17) is 5.14 Å². The van der Waals surface area contributed by atoms with E-state index in [-0.39, 0.29) is 11.8 Å². The maximum Gasteiger partial charge on any atom is 0.231 e. The number of aromatic nitrogens is 3. The molecule has 29 heavy (non-hydrogen) atoms. The van der Waals surface area contributed by atoms with Crippen molar-refractivity contribution in [2.24, 2.45) is 5.14 Å². The zero-order valence-electron chi connectivity index (χ0n) is 15.8. The molecule has 3 aromatic rings. The van der Waals surface area contributed by atoms with Crippen LogP contribution in [0.1, 0.15) is 30.0 Å². The molecule has 1 aromatic heterocycles. The first-order valence-electron chi connectivity index (χ1n) is 9.35. The SMILES string of the molecule is NS(=O)(=O)Cc1cccc(Nc2ncnc(N3CCCC3c3ccccc3)n2)c1. The minimum atomic E-state index is -3.59. The molecule has 0 spiro atoms. The number of primary sulfonamides is 1. The van der Waals surface area contributed by atoms with Crippen molar-refractivity contribution in [2.75, 3.05) is 16.8 Å². The van der Waals surface area contributed by atoms with E-state index in [0.29, 0.717) is 23.1 Å². The lowest BCUT2D eigenvalue weighted by Crippen LogP contribution is -2.25. The first-order valence-corrected chi connectivity index (χ1v) is 11.1. The molecular weight excluding hydrogens is 388 g/mol. The van der Waals surface area contributed by atoms with Crippen molar-refractivity contribution in [3.05, 3.63) is 72.1 Å². The van der Waals surface area contributed by atoms with Crippen LogP contribution in [0.4, 0.5) is 17.6 Å². The maximum absolute atomic E-state index is 11.3. The fourth-order valence-corrected chi connectivity index (χ4v) is 4.26. The van der Waals surface area contributed by atoms with Crippen LogP contribution in [0.5, 0.6) is 0 Å². The average Bonchev–Trinajstić information content (AvgIpc) is 3.18. The quantitative estimate of drug-likeness (QED) is 0.642. The van der Waals surface area contributed by atoms with Crippen LogP contribution in [0.2, 0.25) is 0 Å². The molecular formula is C20H22N6O2S. The Hall–Kier alpha value is -3.04. The summed E-state index contributed by atoms with van der Waals surface area (Å²) in [4.78, 5) is 15.4. The molecule has 1 saturated heterocycles. The van der Waals surface area contributed by atoms with Gasteiger partial charge in [-0.3, -0.25) is 0 Å². The van der Waals surface area contributed by atoms with E-state index >= 15 is 0 Å². The second kappa shape index (κ2) is 8.14. The minimum absolute atomic E-state index is 0.225. The molecule has 1 fully saturated rings. The van der Waals surface area contributed by atoms with Crippen LogP contribution in [-0.4, -0.2) is 29.9 Å². The fraction of sp³-hybridized carbons (Fsp3) is 0.250. The first-order chi connectivity index (χ1) is 14.0. The Kier molecular flexibility index (Phi) is 5.41.